The third-order valence-electron chi connectivity index (χ3n) is 5.85. The van der Waals surface area contributed by atoms with Gasteiger partial charge in [0.25, 0.3) is 5.89 Å². The summed E-state index contributed by atoms with van der Waals surface area (Å²) in [5, 5.41) is 14.1. The van der Waals surface area contributed by atoms with Crippen LogP contribution in [0.1, 0.15) is 35.6 Å². The van der Waals surface area contributed by atoms with E-state index in [-0.39, 0.29) is 29.6 Å². The molecular weight excluding hydrogens is 422 g/mol. The van der Waals surface area contributed by atoms with Gasteiger partial charge < -0.3 is 14.6 Å². The Hall–Kier alpha value is -3.56. The van der Waals surface area contributed by atoms with E-state index in [2.05, 4.69) is 15.1 Å². The van der Waals surface area contributed by atoms with E-state index in [1.54, 1.807) is 20.0 Å². The number of halogens is 3. The average Bonchev–Trinajstić information content (AvgIpc) is 3.42. The van der Waals surface area contributed by atoms with E-state index < -0.39 is 17.7 Å². The van der Waals surface area contributed by atoms with Crippen molar-refractivity contribution >= 4 is 30.2 Å². The first kappa shape index (κ1) is 20.4. The summed E-state index contributed by atoms with van der Waals surface area (Å²) in [6.45, 7) is 0. The maximum Gasteiger partial charge on any atom is 0.416 e. The topological polar surface area (TPSA) is 92.0 Å². The molecule has 10 heteroatoms. The molecule has 2 aromatic heterocycles. The number of nitrogens with zero attached hydrogens (tertiary/aromatic N) is 2. The van der Waals surface area contributed by atoms with Gasteiger partial charge in [0.2, 0.25) is 5.82 Å². The summed E-state index contributed by atoms with van der Waals surface area (Å²) in [6, 6.07) is 9.20. The van der Waals surface area contributed by atoms with Gasteiger partial charge in [0, 0.05) is 33.6 Å². The Morgan fingerprint density at radius 2 is 2.03 bits per heavy atom. The van der Waals surface area contributed by atoms with E-state index in [4.69, 9.17) is 9.63 Å². The molecule has 5 rings (SSSR count). The summed E-state index contributed by atoms with van der Waals surface area (Å²) in [7, 11) is 1.58. The molecule has 1 aliphatic carbocycles. The van der Waals surface area contributed by atoms with Crippen molar-refractivity contribution in [2.45, 2.75) is 31.4 Å². The maximum absolute atomic E-state index is 13.2. The van der Waals surface area contributed by atoms with Crippen LogP contribution in [-0.2, 0) is 17.4 Å². The number of hydrogen-bond donors (Lipinski definition) is 2. The van der Waals surface area contributed by atoms with Gasteiger partial charge in [-0.1, -0.05) is 22.8 Å². The molecule has 1 aliphatic rings. The number of aromatic nitrogens is 3. The highest BCUT2D eigenvalue weighted by atomic mass is 19.4. The fraction of sp³-hybridized carbons (Fsp3) is 0.227. The minimum atomic E-state index is -4.47. The number of rotatable bonds is 4. The Balaban J connectivity index is 1.50. The van der Waals surface area contributed by atoms with E-state index in [1.165, 1.54) is 0 Å². The predicted molar refractivity (Wildman–Crippen MR) is 114 cm³/mol. The molecule has 0 bridgehead atoms. The Kier molecular flexibility index (Phi) is 4.61. The van der Waals surface area contributed by atoms with E-state index in [0.717, 1.165) is 47.1 Å². The number of nitrogens with one attached hydrogen (secondary N) is 1. The molecule has 1 atom stereocenters. The molecule has 2 N–H and O–H groups in total. The lowest BCUT2D eigenvalue weighted by Gasteiger charge is -2.08. The Bertz CT molecular complexity index is 1360. The number of aromatic amines is 1. The zero-order chi connectivity index (χ0) is 22.6. The number of hydrogen-bond acceptors (Lipinski definition) is 4. The summed E-state index contributed by atoms with van der Waals surface area (Å²) in [5.74, 6) is -0.590. The molecule has 0 aliphatic heterocycles. The van der Waals surface area contributed by atoms with Crippen molar-refractivity contribution in [1.82, 2.24) is 15.1 Å². The number of carbonyl (C=O) groups is 1. The zero-order valence-corrected chi connectivity index (χ0v) is 17.0. The van der Waals surface area contributed by atoms with Crippen molar-refractivity contribution in [2.75, 3.05) is 0 Å². The second-order valence-electron chi connectivity index (χ2n) is 8.12. The van der Waals surface area contributed by atoms with Crippen LogP contribution in [-0.4, -0.2) is 34.0 Å². The Morgan fingerprint density at radius 1 is 1.22 bits per heavy atom. The molecule has 6 nitrogen and oxygen atoms in total. The third kappa shape index (κ3) is 3.55. The minimum absolute atomic E-state index is 0.00937. The van der Waals surface area contributed by atoms with Gasteiger partial charge in [-0.15, -0.1) is 0 Å². The smallest absolute Gasteiger partial charge is 0.416 e. The molecule has 0 saturated carbocycles. The van der Waals surface area contributed by atoms with Crippen LogP contribution in [0.25, 0.3) is 33.7 Å². The number of carboxylic acids is 1. The first-order valence-electron chi connectivity index (χ1n) is 10.1. The van der Waals surface area contributed by atoms with Gasteiger partial charge in [0.1, 0.15) is 7.85 Å². The molecule has 0 amide bonds. The van der Waals surface area contributed by atoms with Crippen molar-refractivity contribution in [3.05, 3.63) is 53.2 Å². The summed E-state index contributed by atoms with van der Waals surface area (Å²) < 4.78 is 44.7. The normalized spacial score (nSPS) is 15.9. The molecule has 0 spiro atoms. The van der Waals surface area contributed by atoms with Gasteiger partial charge in [-0.05, 0) is 42.7 Å². The largest absolute Gasteiger partial charge is 0.481 e. The zero-order valence-electron chi connectivity index (χ0n) is 17.0. The number of alkyl halides is 3. The predicted octanol–water partition coefficient (Wildman–Crippen LogP) is 3.67. The SMILES string of the molecule is Bc1cc(-c2nc(-c3ccc4[nH]c5c(c4c3)CCC5CC(=O)O)no2)cc(C(F)(F)F)c1. The molecule has 0 fully saturated rings. The Morgan fingerprint density at radius 3 is 2.78 bits per heavy atom. The average molecular weight is 439 g/mol. The number of fused-ring (bicyclic) bond motifs is 3. The van der Waals surface area contributed by atoms with Gasteiger partial charge >= 0.3 is 12.1 Å². The van der Waals surface area contributed by atoms with E-state index >= 15 is 0 Å². The lowest BCUT2D eigenvalue weighted by atomic mass is 9.92. The summed E-state index contributed by atoms with van der Waals surface area (Å²) in [5.41, 5.74) is 3.47. The third-order valence-corrected chi connectivity index (χ3v) is 5.85. The van der Waals surface area contributed by atoms with Gasteiger partial charge in [0.15, 0.2) is 0 Å². The van der Waals surface area contributed by atoms with E-state index in [1.807, 2.05) is 12.1 Å². The lowest BCUT2D eigenvalue weighted by molar-refractivity contribution is -0.138. The first-order valence-corrected chi connectivity index (χ1v) is 10.1. The van der Waals surface area contributed by atoms with Crippen LogP contribution in [0.5, 0.6) is 0 Å². The molecule has 0 radical (unpaired) electrons. The van der Waals surface area contributed by atoms with Gasteiger partial charge in [-0.3, -0.25) is 4.79 Å². The van der Waals surface area contributed by atoms with Crippen LogP contribution in [0.4, 0.5) is 13.2 Å². The molecule has 2 heterocycles. The quantitative estimate of drug-likeness (QED) is 0.474. The van der Waals surface area contributed by atoms with Gasteiger partial charge in [-0.25, -0.2) is 0 Å². The summed E-state index contributed by atoms with van der Waals surface area (Å²) in [4.78, 5) is 18.8. The van der Waals surface area contributed by atoms with E-state index in [9.17, 15) is 18.0 Å². The van der Waals surface area contributed by atoms with Crippen LogP contribution >= 0.6 is 0 Å². The number of aliphatic carboxylic acids is 1. The monoisotopic (exact) mass is 439 g/mol. The second kappa shape index (κ2) is 7.25. The highest BCUT2D eigenvalue weighted by Gasteiger charge is 2.32. The highest BCUT2D eigenvalue weighted by molar-refractivity contribution is 6.32. The molecule has 32 heavy (non-hydrogen) atoms. The maximum atomic E-state index is 13.2. The number of carboxylic acid groups (broad SMARTS) is 1. The molecule has 162 valence electrons. The summed E-state index contributed by atoms with van der Waals surface area (Å²) in [6.07, 6.45) is -2.84. The standard InChI is InChI=1S/C22H17BF3N3O3/c23-14-6-12(5-13(9-14)22(24,25)26)21-28-20(29-32-21)11-2-4-17-16(7-11)15-3-1-10(8-18(30)31)19(15)27-17/h2,4-7,9-10,27H,1,3,8,23H2,(H,30,31). The van der Waals surface area contributed by atoms with Crippen molar-refractivity contribution < 1.29 is 27.6 Å². The molecule has 2 aromatic carbocycles. The van der Waals surface area contributed by atoms with Crippen molar-refractivity contribution in [2.24, 2.45) is 0 Å². The molecule has 1 unspecified atom stereocenters. The number of H-pyrrole nitrogens is 1. The Labute approximate surface area is 180 Å². The van der Waals surface area contributed by atoms with Crippen molar-refractivity contribution in [1.29, 1.82) is 0 Å². The molecule has 0 saturated heterocycles. The summed E-state index contributed by atoms with van der Waals surface area (Å²) >= 11 is 0. The fourth-order valence-corrected chi connectivity index (χ4v) is 4.43. The van der Waals surface area contributed by atoms with Crippen LogP contribution < -0.4 is 5.46 Å². The second-order valence-corrected chi connectivity index (χ2v) is 8.12. The number of benzene rings is 2. The molecular formula is C22H17BF3N3O3. The van der Waals surface area contributed by atoms with Crippen molar-refractivity contribution in [3.8, 4) is 22.8 Å². The van der Waals surface area contributed by atoms with Crippen molar-refractivity contribution in [3.63, 3.8) is 0 Å². The van der Waals surface area contributed by atoms with Crippen LogP contribution in [0.2, 0.25) is 0 Å². The van der Waals surface area contributed by atoms with Crippen LogP contribution in [0, 0.1) is 0 Å². The van der Waals surface area contributed by atoms with Crippen LogP contribution in [0.15, 0.2) is 40.9 Å². The van der Waals surface area contributed by atoms with Crippen LogP contribution in [0.3, 0.4) is 0 Å². The molecule has 4 aromatic rings. The fourth-order valence-electron chi connectivity index (χ4n) is 4.43. The van der Waals surface area contributed by atoms with Gasteiger partial charge in [0.05, 0.1) is 12.0 Å². The first-order chi connectivity index (χ1) is 15.2. The highest BCUT2D eigenvalue weighted by Crippen LogP contribution is 2.40. The lowest BCUT2D eigenvalue weighted by Crippen LogP contribution is -2.11. The minimum Gasteiger partial charge on any atom is -0.481 e. The number of aryl methyl sites for hydroxylation is 1. The van der Waals surface area contributed by atoms with Gasteiger partial charge in [-0.2, -0.15) is 18.2 Å². The van der Waals surface area contributed by atoms with E-state index in [0.29, 0.717) is 11.0 Å².